The molecule has 1 heterocycles. The first kappa shape index (κ1) is 17.2. The lowest BCUT2D eigenvalue weighted by Gasteiger charge is -2.25. The van der Waals surface area contributed by atoms with Crippen molar-refractivity contribution in [2.45, 2.75) is 11.8 Å². The third-order valence-electron chi connectivity index (χ3n) is 3.47. The summed E-state index contributed by atoms with van der Waals surface area (Å²) in [4.78, 5) is 21.5. The number of carboxylic acids is 1. The van der Waals surface area contributed by atoms with E-state index in [2.05, 4.69) is 4.74 Å². The van der Waals surface area contributed by atoms with Crippen molar-refractivity contribution >= 4 is 43.4 Å². The van der Waals surface area contributed by atoms with Crippen LogP contribution in [-0.4, -0.2) is 23.8 Å². The minimum atomic E-state index is -5.69. The van der Waals surface area contributed by atoms with E-state index in [1.165, 1.54) is 23.5 Å². The molecule has 3 rings (SSSR count). The number of esters is 1. The van der Waals surface area contributed by atoms with Gasteiger partial charge in [-0.1, -0.05) is 18.2 Å². The maximum atomic E-state index is 13.4. The molecule has 0 saturated heterocycles. The van der Waals surface area contributed by atoms with Crippen molar-refractivity contribution in [1.82, 2.24) is 0 Å². The topological polar surface area (TPSA) is 66.4 Å². The highest BCUT2D eigenvalue weighted by molar-refractivity contribution is 7.25. The molecule has 0 aliphatic heterocycles. The number of hydrogen-bond acceptors (Lipinski definition) is 5. The number of fused-ring (bicyclic) bond motifs is 3. The Morgan fingerprint density at radius 2 is 1.56 bits per heavy atom. The Morgan fingerprint density at radius 1 is 0.920 bits per heavy atom. The van der Waals surface area contributed by atoms with Crippen molar-refractivity contribution in [3.05, 3.63) is 42.5 Å². The molecule has 0 bridgehead atoms. The van der Waals surface area contributed by atoms with Crippen LogP contribution in [0.2, 0.25) is 0 Å². The van der Waals surface area contributed by atoms with Crippen molar-refractivity contribution in [2.75, 3.05) is 0 Å². The fraction of sp³-hybridized carbons (Fsp3) is 0.125. The molecule has 0 saturated carbocycles. The molecule has 0 spiro atoms. The number of benzene rings is 2. The molecule has 3 aromatic rings. The highest BCUT2D eigenvalue weighted by Gasteiger charge is 2.64. The second kappa shape index (κ2) is 5.69. The normalized spacial score (nSPS) is 12.5. The second-order valence-corrected chi connectivity index (χ2v) is 6.17. The zero-order chi connectivity index (χ0) is 18.4. The number of carbonyl (C=O) groups is 2. The van der Waals surface area contributed by atoms with E-state index >= 15 is 0 Å². The molecule has 2 aromatic carbocycles. The Bertz CT molecular complexity index is 996. The van der Waals surface area contributed by atoms with Crippen LogP contribution < -0.4 is 9.84 Å². The number of aliphatic carboxylic acids is 1. The molecule has 1 aromatic heterocycles. The third kappa shape index (κ3) is 2.70. The summed E-state index contributed by atoms with van der Waals surface area (Å²) in [5.74, 6) is -17.7. The zero-order valence-electron chi connectivity index (χ0n) is 12.1. The van der Waals surface area contributed by atoms with Gasteiger partial charge in [0, 0.05) is 20.2 Å². The van der Waals surface area contributed by atoms with E-state index in [0.29, 0.717) is 5.39 Å². The summed E-state index contributed by atoms with van der Waals surface area (Å²) < 4.78 is 58.7. The second-order valence-electron chi connectivity index (χ2n) is 5.08. The fourth-order valence-electron chi connectivity index (χ4n) is 2.20. The number of ether oxygens (including phenoxy) is 1. The smallest absolute Gasteiger partial charge is 0.410 e. The van der Waals surface area contributed by atoms with Crippen LogP contribution in [-0.2, 0) is 9.59 Å². The van der Waals surface area contributed by atoms with Crippen molar-refractivity contribution in [3.8, 4) is 5.75 Å². The number of thiophene rings is 1. The van der Waals surface area contributed by atoms with Gasteiger partial charge in [0.25, 0.3) is 0 Å². The molecular weight excluding hydrogens is 364 g/mol. The van der Waals surface area contributed by atoms with E-state index in [0.717, 1.165) is 20.9 Å². The Labute approximate surface area is 141 Å². The molecule has 0 fully saturated rings. The van der Waals surface area contributed by atoms with Crippen molar-refractivity contribution < 1.29 is 37.0 Å². The monoisotopic (exact) mass is 371 g/mol. The standard InChI is InChI=1S/C16H8F4O4S/c17-15(18,13(21)22)16(19,20)14(23)24-8-5-6-12-10(7-8)9-3-1-2-4-11(9)25-12/h1-7H,(H,21,22)/p-1. The van der Waals surface area contributed by atoms with Gasteiger partial charge in [-0.3, -0.25) is 0 Å². The highest BCUT2D eigenvalue weighted by atomic mass is 32.1. The molecule has 0 N–H and O–H groups in total. The van der Waals surface area contributed by atoms with E-state index in [9.17, 15) is 32.3 Å². The largest absolute Gasteiger partial charge is 0.544 e. The molecule has 0 unspecified atom stereocenters. The number of carbonyl (C=O) groups excluding carboxylic acids is 2. The van der Waals surface area contributed by atoms with Crippen LogP contribution in [0, 0.1) is 0 Å². The Hall–Kier alpha value is -2.68. The summed E-state index contributed by atoms with van der Waals surface area (Å²) in [5, 5.41) is 11.5. The van der Waals surface area contributed by atoms with Gasteiger partial charge in [0.2, 0.25) is 0 Å². The third-order valence-corrected chi connectivity index (χ3v) is 4.62. The lowest BCUT2D eigenvalue weighted by atomic mass is 10.1. The molecule has 0 aliphatic rings. The van der Waals surface area contributed by atoms with E-state index in [4.69, 9.17) is 0 Å². The summed E-state index contributed by atoms with van der Waals surface area (Å²) >= 11 is 1.41. The minimum absolute atomic E-state index is 0.408. The van der Waals surface area contributed by atoms with Gasteiger partial charge in [0.1, 0.15) is 11.7 Å². The number of halogens is 4. The van der Waals surface area contributed by atoms with Crippen molar-refractivity contribution in [3.63, 3.8) is 0 Å². The van der Waals surface area contributed by atoms with Gasteiger partial charge < -0.3 is 14.6 Å². The lowest BCUT2D eigenvalue weighted by molar-refractivity contribution is -0.346. The zero-order valence-corrected chi connectivity index (χ0v) is 12.9. The molecule has 0 amide bonds. The van der Waals surface area contributed by atoms with Gasteiger partial charge in [-0.05, 0) is 24.3 Å². The Kier molecular flexibility index (Phi) is 3.91. The van der Waals surface area contributed by atoms with Crippen LogP contribution >= 0.6 is 11.3 Å². The van der Waals surface area contributed by atoms with E-state index in [1.54, 1.807) is 18.2 Å². The van der Waals surface area contributed by atoms with Gasteiger partial charge in [-0.2, -0.15) is 17.6 Å². The van der Waals surface area contributed by atoms with Gasteiger partial charge in [-0.25, -0.2) is 4.79 Å². The van der Waals surface area contributed by atoms with Gasteiger partial charge in [0.15, 0.2) is 0 Å². The van der Waals surface area contributed by atoms with Gasteiger partial charge in [0.05, 0.1) is 0 Å². The molecule has 0 atom stereocenters. The number of alkyl halides is 4. The van der Waals surface area contributed by atoms with Crippen molar-refractivity contribution in [2.24, 2.45) is 0 Å². The number of rotatable bonds is 4. The fourth-order valence-corrected chi connectivity index (χ4v) is 3.28. The highest BCUT2D eigenvalue weighted by Crippen LogP contribution is 2.38. The quantitative estimate of drug-likeness (QED) is 0.402. The van der Waals surface area contributed by atoms with Crippen LogP contribution in [0.3, 0.4) is 0 Å². The van der Waals surface area contributed by atoms with Crippen LogP contribution in [0.1, 0.15) is 0 Å². The van der Waals surface area contributed by atoms with E-state index in [1.807, 2.05) is 6.07 Å². The molecule has 4 nitrogen and oxygen atoms in total. The van der Waals surface area contributed by atoms with Crippen LogP contribution in [0.5, 0.6) is 5.75 Å². The predicted molar refractivity (Wildman–Crippen MR) is 79.9 cm³/mol. The van der Waals surface area contributed by atoms with E-state index < -0.39 is 29.5 Å². The first-order valence-electron chi connectivity index (χ1n) is 6.75. The average molecular weight is 371 g/mol. The van der Waals surface area contributed by atoms with Crippen molar-refractivity contribution in [1.29, 1.82) is 0 Å². The van der Waals surface area contributed by atoms with Crippen LogP contribution in [0.15, 0.2) is 42.5 Å². The summed E-state index contributed by atoms with van der Waals surface area (Å²) in [5.41, 5.74) is 0. The summed E-state index contributed by atoms with van der Waals surface area (Å²) in [6, 6.07) is 11.0. The molecule has 25 heavy (non-hydrogen) atoms. The molecule has 130 valence electrons. The Morgan fingerprint density at radius 3 is 2.24 bits per heavy atom. The average Bonchev–Trinajstić information content (AvgIpc) is 2.92. The molecule has 0 radical (unpaired) electrons. The van der Waals surface area contributed by atoms with E-state index in [-0.39, 0.29) is 0 Å². The van der Waals surface area contributed by atoms with Crippen LogP contribution in [0.25, 0.3) is 20.2 Å². The maximum Gasteiger partial charge on any atom is 0.410 e. The first-order valence-corrected chi connectivity index (χ1v) is 7.57. The summed E-state index contributed by atoms with van der Waals surface area (Å²) in [6.45, 7) is 0. The summed E-state index contributed by atoms with van der Waals surface area (Å²) in [7, 11) is 0. The van der Waals surface area contributed by atoms with Gasteiger partial charge in [-0.15, -0.1) is 11.3 Å². The molecule has 0 aliphatic carbocycles. The number of carboxylic acid groups (broad SMARTS) is 1. The molecular formula is C16H7F4O4S-. The minimum Gasteiger partial charge on any atom is -0.544 e. The molecule has 9 heteroatoms. The Balaban J connectivity index is 1.96. The summed E-state index contributed by atoms with van der Waals surface area (Å²) in [6.07, 6.45) is 0. The first-order chi connectivity index (χ1) is 11.6. The lowest BCUT2D eigenvalue weighted by Crippen LogP contribution is -2.58. The predicted octanol–water partition coefficient (Wildman–Crippen LogP) is 2.98. The maximum absolute atomic E-state index is 13.4. The van der Waals surface area contributed by atoms with Crippen LogP contribution in [0.4, 0.5) is 17.6 Å². The SMILES string of the molecule is O=C([O-])C(F)(F)C(F)(F)C(=O)Oc1ccc2sc3ccccc3c2c1. The van der Waals surface area contributed by atoms with Gasteiger partial charge >= 0.3 is 17.8 Å². The number of hydrogen-bond donors (Lipinski definition) is 0.